The van der Waals surface area contributed by atoms with Crippen molar-refractivity contribution >= 4 is 6.29 Å². The van der Waals surface area contributed by atoms with E-state index in [9.17, 15) is 4.79 Å². The van der Waals surface area contributed by atoms with Crippen LogP contribution >= 0.6 is 0 Å². The van der Waals surface area contributed by atoms with Crippen molar-refractivity contribution in [3.8, 4) is 11.8 Å². The third-order valence-corrected chi connectivity index (χ3v) is 4.02. The first-order valence-electron chi connectivity index (χ1n) is 8.59. The Balaban J connectivity index is 1.49. The van der Waals surface area contributed by atoms with E-state index < -0.39 is 0 Å². The molecule has 0 aliphatic carbocycles. The van der Waals surface area contributed by atoms with E-state index >= 15 is 0 Å². The summed E-state index contributed by atoms with van der Waals surface area (Å²) in [6.07, 6.45) is 5.48. The number of pyridine rings is 1. The van der Waals surface area contributed by atoms with E-state index in [-0.39, 0.29) is 0 Å². The fraction of sp³-hybridized carbons (Fsp3) is 0.130. The summed E-state index contributed by atoms with van der Waals surface area (Å²) in [6.45, 7) is 1.77. The van der Waals surface area contributed by atoms with Gasteiger partial charge in [-0.1, -0.05) is 36.1 Å². The van der Waals surface area contributed by atoms with Crippen LogP contribution in [-0.2, 0) is 13.0 Å². The van der Waals surface area contributed by atoms with Crippen LogP contribution in [0.3, 0.4) is 0 Å². The Morgan fingerprint density at radius 1 is 0.808 bits per heavy atom. The van der Waals surface area contributed by atoms with Gasteiger partial charge in [0.2, 0.25) is 0 Å². The highest BCUT2D eigenvalue weighted by Gasteiger charge is 1.95. The molecule has 3 nitrogen and oxygen atoms in total. The first-order chi connectivity index (χ1) is 12.8. The second-order valence-corrected chi connectivity index (χ2v) is 5.97. The van der Waals surface area contributed by atoms with Gasteiger partial charge in [0.15, 0.2) is 0 Å². The van der Waals surface area contributed by atoms with Gasteiger partial charge in [-0.15, -0.1) is 0 Å². The first-order valence-corrected chi connectivity index (χ1v) is 8.59. The minimum absolute atomic E-state index is 0.663. The molecule has 3 rings (SSSR count). The number of hydrogen-bond donors (Lipinski definition) is 1. The maximum absolute atomic E-state index is 10.7. The first kappa shape index (κ1) is 17.6. The summed E-state index contributed by atoms with van der Waals surface area (Å²) < 4.78 is 0. The highest BCUT2D eigenvalue weighted by atomic mass is 16.1. The summed E-state index contributed by atoms with van der Waals surface area (Å²) in [5.74, 6) is 6.27. The zero-order valence-electron chi connectivity index (χ0n) is 14.5. The van der Waals surface area contributed by atoms with E-state index in [0.29, 0.717) is 5.56 Å². The van der Waals surface area contributed by atoms with Crippen LogP contribution in [0, 0.1) is 11.8 Å². The molecule has 0 atom stereocenters. The van der Waals surface area contributed by atoms with Crippen molar-refractivity contribution < 1.29 is 4.79 Å². The molecule has 1 aromatic heterocycles. The normalized spacial score (nSPS) is 10.0. The van der Waals surface area contributed by atoms with Gasteiger partial charge in [-0.05, 0) is 60.5 Å². The topological polar surface area (TPSA) is 42.0 Å². The summed E-state index contributed by atoms with van der Waals surface area (Å²) in [6, 6.07) is 19.6. The van der Waals surface area contributed by atoms with Crippen LogP contribution in [0.1, 0.15) is 32.6 Å². The predicted molar refractivity (Wildman–Crippen MR) is 104 cm³/mol. The second kappa shape index (κ2) is 9.31. The number of nitrogens with one attached hydrogen (secondary N) is 1. The number of carbonyl (C=O) groups is 1. The van der Waals surface area contributed by atoms with Crippen LogP contribution < -0.4 is 5.32 Å². The molecular weight excluding hydrogens is 320 g/mol. The molecule has 0 bridgehead atoms. The van der Waals surface area contributed by atoms with Crippen molar-refractivity contribution in [2.24, 2.45) is 0 Å². The third-order valence-electron chi connectivity index (χ3n) is 4.02. The number of carbonyl (C=O) groups excluding carboxylic acids is 1. The maximum Gasteiger partial charge on any atom is 0.150 e. The van der Waals surface area contributed by atoms with Crippen molar-refractivity contribution in [2.45, 2.75) is 13.0 Å². The minimum Gasteiger partial charge on any atom is -0.312 e. The lowest BCUT2D eigenvalue weighted by Gasteiger charge is -2.05. The van der Waals surface area contributed by atoms with Crippen molar-refractivity contribution in [3.63, 3.8) is 0 Å². The lowest BCUT2D eigenvalue weighted by molar-refractivity contribution is 0.112. The molecule has 0 saturated carbocycles. The van der Waals surface area contributed by atoms with E-state index in [1.807, 2.05) is 48.8 Å². The zero-order chi connectivity index (χ0) is 18.0. The number of nitrogens with zero attached hydrogens (tertiary/aromatic N) is 1. The van der Waals surface area contributed by atoms with Gasteiger partial charge in [-0.2, -0.15) is 0 Å². The van der Waals surface area contributed by atoms with Crippen LogP contribution in [0.5, 0.6) is 0 Å². The van der Waals surface area contributed by atoms with Gasteiger partial charge in [0.25, 0.3) is 0 Å². The SMILES string of the molecule is O=Cc1ccc(C#Cc2ccc(CNCCc3ccncc3)cc2)cc1. The summed E-state index contributed by atoms with van der Waals surface area (Å²) in [5, 5.41) is 3.45. The van der Waals surface area contributed by atoms with Crippen LogP contribution in [0.15, 0.2) is 73.1 Å². The highest BCUT2D eigenvalue weighted by molar-refractivity contribution is 5.74. The van der Waals surface area contributed by atoms with Crippen molar-refractivity contribution in [3.05, 3.63) is 101 Å². The molecular formula is C23H20N2O. The average Bonchev–Trinajstić information content (AvgIpc) is 2.72. The minimum atomic E-state index is 0.663. The number of hydrogen-bond acceptors (Lipinski definition) is 3. The van der Waals surface area contributed by atoms with Gasteiger partial charge in [-0.3, -0.25) is 9.78 Å². The van der Waals surface area contributed by atoms with E-state index in [4.69, 9.17) is 0 Å². The van der Waals surface area contributed by atoms with Gasteiger partial charge < -0.3 is 5.32 Å². The molecule has 3 heteroatoms. The quantitative estimate of drug-likeness (QED) is 0.423. The van der Waals surface area contributed by atoms with Gasteiger partial charge in [0.1, 0.15) is 6.29 Å². The molecule has 128 valence electrons. The van der Waals surface area contributed by atoms with Crippen LogP contribution in [0.2, 0.25) is 0 Å². The molecule has 2 aromatic carbocycles. The lowest BCUT2D eigenvalue weighted by Crippen LogP contribution is -2.16. The maximum atomic E-state index is 10.7. The molecule has 0 unspecified atom stereocenters. The molecule has 1 heterocycles. The van der Waals surface area contributed by atoms with Crippen molar-refractivity contribution in [1.29, 1.82) is 0 Å². The molecule has 3 aromatic rings. The smallest absolute Gasteiger partial charge is 0.150 e. The number of aromatic nitrogens is 1. The van der Waals surface area contributed by atoms with E-state index in [0.717, 1.165) is 36.9 Å². The van der Waals surface area contributed by atoms with Crippen LogP contribution in [-0.4, -0.2) is 17.8 Å². The van der Waals surface area contributed by atoms with Crippen molar-refractivity contribution in [2.75, 3.05) is 6.54 Å². The molecule has 1 N–H and O–H groups in total. The largest absolute Gasteiger partial charge is 0.312 e. The average molecular weight is 340 g/mol. The third kappa shape index (κ3) is 5.41. The number of benzene rings is 2. The van der Waals surface area contributed by atoms with E-state index in [2.05, 4.69) is 34.3 Å². The molecule has 0 amide bonds. The van der Waals surface area contributed by atoms with Crippen LogP contribution in [0.25, 0.3) is 0 Å². The summed E-state index contributed by atoms with van der Waals surface area (Å²) in [7, 11) is 0. The number of rotatable bonds is 6. The van der Waals surface area contributed by atoms with Gasteiger partial charge >= 0.3 is 0 Å². The summed E-state index contributed by atoms with van der Waals surface area (Å²) in [4.78, 5) is 14.7. The summed E-state index contributed by atoms with van der Waals surface area (Å²) in [5.41, 5.74) is 5.07. The van der Waals surface area contributed by atoms with Gasteiger partial charge in [0.05, 0.1) is 0 Å². The fourth-order valence-electron chi connectivity index (χ4n) is 2.51. The fourth-order valence-corrected chi connectivity index (χ4v) is 2.51. The molecule has 0 aliphatic rings. The predicted octanol–water partition coefficient (Wildman–Crippen LogP) is 3.63. The Labute approximate surface area is 154 Å². The summed E-state index contributed by atoms with van der Waals surface area (Å²) >= 11 is 0. The van der Waals surface area contributed by atoms with E-state index in [1.54, 1.807) is 12.1 Å². The Kier molecular flexibility index (Phi) is 6.30. The zero-order valence-corrected chi connectivity index (χ0v) is 14.5. The van der Waals surface area contributed by atoms with Gasteiger partial charge in [-0.25, -0.2) is 0 Å². The molecule has 0 saturated heterocycles. The molecule has 0 spiro atoms. The Morgan fingerprint density at radius 3 is 2.04 bits per heavy atom. The molecule has 26 heavy (non-hydrogen) atoms. The Bertz CT molecular complexity index is 889. The highest BCUT2D eigenvalue weighted by Crippen LogP contribution is 2.05. The molecule has 0 radical (unpaired) electrons. The Hall–Kier alpha value is -3.22. The van der Waals surface area contributed by atoms with Gasteiger partial charge in [0, 0.05) is 35.6 Å². The van der Waals surface area contributed by atoms with Crippen molar-refractivity contribution in [1.82, 2.24) is 10.3 Å². The second-order valence-electron chi connectivity index (χ2n) is 5.97. The lowest BCUT2D eigenvalue weighted by atomic mass is 10.1. The Morgan fingerprint density at radius 2 is 1.42 bits per heavy atom. The van der Waals surface area contributed by atoms with E-state index in [1.165, 1.54) is 11.1 Å². The standard InChI is InChI=1S/C23H20N2O/c26-18-23-9-5-20(6-10-23)2-1-19-3-7-22(8-4-19)17-25-16-13-21-11-14-24-15-12-21/h3-12,14-15,18,25H,13,16-17H2. The molecule has 0 aliphatic heterocycles. The monoisotopic (exact) mass is 340 g/mol. The van der Waals surface area contributed by atoms with Crippen LogP contribution in [0.4, 0.5) is 0 Å². The number of aldehydes is 1. The molecule has 0 fully saturated rings.